The van der Waals surface area contributed by atoms with Gasteiger partial charge in [0, 0.05) is 23.2 Å². The van der Waals surface area contributed by atoms with Crippen LogP contribution >= 0.6 is 0 Å². The maximum atomic E-state index is 4.97. The van der Waals surface area contributed by atoms with Crippen LogP contribution in [0.3, 0.4) is 0 Å². The van der Waals surface area contributed by atoms with E-state index >= 15 is 0 Å². The lowest BCUT2D eigenvalue weighted by Crippen LogP contribution is -1.94. The van der Waals surface area contributed by atoms with Crippen molar-refractivity contribution >= 4 is 38.6 Å². The summed E-state index contributed by atoms with van der Waals surface area (Å²) in [5.41, 5.74) is 15.9. The fourth-order valence-corrected chi connectivity index (χ4v) is 6.38. The molecule has 2 aliphatic carbocycles. The van der Waals surface area contributed by atoms with Crippen molar-refractivity contribution in [2.24, 2.45) is 0 Å². The minimum absolute atomic E-state index is 0.768. The quantitative estimate of drug-likeness (QED) is 0.243. The lowest BCUT2D eigenvalue weighted by molar-refractivity contribution is 1.24. The van der Waals surface area contributed by atoms with Crippen molar-refractivity contribution in [2.45, 2.75) is 12.8 Å². The van der Waals surface area contributed by atoms with E-state index in [1.54, 1.807) is 0 Å². The average molecular weight is 447 g/mol. The van der Waals surface area contributed by atoms with E-state index in [0.29, 0.717) is 0 Å². The third-order valence-corrected chi connectivity index (χ3v) is 7.89. The molecule has 0 radical (unpaired) electrons. The first-order valence-electron chi connectivity index (χ1n) is 12.0. The summed E-state index contributed by atoms with van der Waals surface area (Å²) >= 11 is 0. The Hall–Kier alpha value is -4.57. The number of fused-ring (bicyclic) bond motifs is 14. The maximum absolute atomic E-state index is 4.97. The van der Waals surface area contributed by atoms with Crippen LogP contribution in [0.25, 0.3) is 60.9 Å². The number of rotatable bonds is 0. The SMILES string of the molecule is c1ccc2c(c1)Cc1cc3c(cc1-2)Cc1cc2c(cc1-3)c1ncccc1n1c3cccnc3nc21. The Morgan fingerprint density at radius 1 is 0.571 bits per heavy atom. The van der Waals surface area contributed by atoms with Crippen LogP contribution < -0.4 is 0 Å². The van der Waals surface area contributed by atoms with Gasteiger partial charge in [0.2, 0.25) is 0 Å². The molecule has 4 aromatic heterocycles. The van der Waals surface area contributed by atoms with Crippen LogP contribution in [0.2, 0.25) is 0 Å². The topological polar surface area (TPSA) is 43.1 Å². The van der Waals surface area contributed by atoms with Crippen LogP contribution in [0.15, 0.2) is 85.2 Å². The van der Waals surface area contributed by atoms with Gasteiger partial charge in [0.1, 0.15) is 5.65 Å². The Bertz CT molecular complexity index is 2070. The van der Waals surface area contributed by atoms with Gasteiger partial charge in [-0.25, -0.2) is 9.97 Å². The van der Waals surface area contributed by atoms with Crippen molar-refractivity contribution in [1.29, 1.82) is 0 Å². The molecule has 2 aliphatic rings. The van der Waals surface area contributed by atoms with Crippen LogP contribution in [-0.2, 0) is 12.8 Å². The summed E-state index contributed by atoms with van der Waals surface area (Å²) in [5.74, 6) is 0. The van der Waals surface area contributed by atoms with Gasteiger partial charge in [0.25, 0.3) is 0 Å². The number of pyridine rings is 3. The van der Waals surface area contributed by atoms with Gasteiger partial charge in [0.15, 0.2) is 5.65 Å². The first-order valence-corrected chi connectivity index (χ1v) is 12.0. The third kappa shape index (κ3) is 2.20. The highest BCUT2D eigenvalue weighted by molar-refractivity contribution is 6.14. The normalized spacial score (nSPS) is 13.5. The third-order valence-electron chi connectivity index (χ3n) is 7.89. The molecule has 162 valence electrons. The molecule has 0 saturated heterocycles. The molecule has 3 aromatic carbocycles. The van der Waals surface area contributed by atoms with Gasteiger partial charge in [-0.15, -0.1) is 0 Å². The lowest BCUT2D eigenvalue weighted by atomic mass is 9.97. The van der Waals surface area contributed by atoms with Gasteiger partial charge in [0.05, 0.1) is 16.6 Å². The molecule has 0 N–H and O–H groups in total. The minimum atomic E-state index is 0.768. The van der Waals surface area contributed by atoms with E-state index in [0.717, 1.165) is 51.5 Å². The second-order valence-electron chi connectivity index (χ2n) is 9.72. The zero-order valence-electron chi connectivity index (χ0n) is 18.8. The molecule has 35 heavy (non-hydrogen) atoms. The van der Waals surface area contributed by atoms with E-state index < -0.39 is 0 Å². The van der Waals surface area contributed by atoms with Crippen molar-refractivity contribution in [3.63, 3.8) is 0 Å². The van der Waals surface area contributed by atoms with Crippen molar-refractivity contribution in [3.05, 3.63) is 107 Å². The van der Waals surface area contributed by atoms with E-state index in [1.807, 2.05) is 24.5 Å². The summed E-state index contributed by atoms with van der Waals surface area (Å²) in [7, 11) is 0. The predicted molar refractivity (Wildman–Crippen MR) is 140 cm³/mol. The monoisotopic (exact) mass is 446 g/mol. The Morgan fingerprint density at radius 2 is 1.29 bits per heavy atom. The summed E-state index contributed by atoms with van der Waals surface area (Å²) in [5, 5.41) is 2.29. The molecule has 7 aromatic rings. The first-order chi connectivity index (χ1) is 17.3. The Balaban J connectivity index is 1.37. The van der Waals surface area contributed by atoms with Crippen LogP contribution in [-0.4, -0.2) is 19.4 Å². The number of hydrogen-bond donors (Lipinski definition) is 0. The van der Waals surface area contributed by atoms with Crippen molar-refractivity contribution in [2.75, 3.05) is 0 Å². The lowest BCUT2D eigenvalue weighted by Gasteiger charge is -2.11. The molecule has 0 unspecified atom stereocenters. The second kappa shape index (κ2) is 6.10. The van der Waals surface area contributed by atoms with E-state index in [4.69, 9.17) is 9.97 Å². The molecule has 0 spiro atoms. The first kappa shape index (κ1) is 17.8. The van der Waals surface area contributed by atoms with Gasteiger partial charge < -0.3 is 0 Å². The molecule has 4 nitrogen and oxygen atoms in total. The van der Waals surface area contributed by atoms with Crippen molar-refractivity contribution in [1.82, 2.24) is 19.4 Å². The summed E-state index contributed by atoms with van der Waals surface area (Å²) in [6.45, 7) is 0. The zero-order valence-corrected chi connectivity index (χ0v) is 18.8. The minimum Gasteiger partial charge on any atom is -0.288 e. The summed E-state index contributed by atoms with van der Waals surface area (Å²) in [4.78, 5) is 14.3. The molecule has 9 rings (SSSR count). The number of benzene rings is 3. The Kier molecular flexibility index (Phi) is 3.11. The van der Waals surface area contributed by atoms with Gasteiger partial charge in [-0.2, -0.15) is 0 Å². The molecule has 0 saturated carbocycles. The number of hydrogen-bond acceptors (Lipinski definition) is 3. The molecule has 0 bridgehead atoms. The second-order valence-corrected chi connectivity index (χ2v) is 9.72. The van der Waals surface area contributed by atoms with Crippen LogP contribution in [0.4, 0.5) is 0 Å². The van der Waals surface area contributed by atoms with Crippen molar-refractivity contribution in [3.8, 4) is 22.3 Å². The van der Waals surface area contributed by atoms with E-state index in [1.165, 1.54) is 44.5 Å². The van der Waals surface area contributed by atoms with E-state index in [-0.39, 0.29) is 0 Å². The largest absolute Gasteiger partial charge is 0.288 e. The predicted octanol–water partition coefficient (Wildman–Crippen LogP) is 6.73. The van der Waals surface area contributed by atoms with Gasteiger partial charge in [-0.1, -0.05) is 24.3 Å². The zero-order chi connectivity index (χ0) is 22.7. The summed E-state index contributed by atoms with van der Waals surface area (Å²) < 4.78 is 2.22. The van der Waals surface area contributed by atoms with Crippen LogP contribution in [0.5, 0.6) is 0 Å². The molecule has 0 amide bonds. The molecule has 0 fully saturated rings. The number of nitrogens with zero attached hydrogens (tertiary/aromatic N) is 4. The van der Waals surface area contributed by atoms with E-state index in [9.17, 15) is 0 Å². The van der Waals surface area contributed by atoms with Gasteiger partial charge in [-0.3, -0.25) is 9.38 Å². The smallest absolute Gasteiger partial charge is 0.178 e. The molecule has 4 heterocycles. The standard InChI is InChI=1S/C31H18N4/c1-2-6-21-17(5-1)11-18-14-23-19(13-22(18)21)12-20-15-26-25(16-24(20)23)29-27(7-3-9-32-29)35-28-8-4-10-33-30(28)34-31(26)35/h1-10,13-16H,11-12H2. The van der Waals surface area contributed by atoms with Crippen LogP contribution in [0.1, 0.15) is 22.3 Å². The fourth-order valence-electron chi connectivity index (χ4n) is 6.38. The number of imidazole rings is 1. The highest BCUT2D eigenvalue weighted by Crippen LogP contribution is 2.46. The maximum Gasteiger partial charge on any atom is 0.178 e. The van der Waals surface area contributed by atoms with Gasteiger partial charge in [-0.05, 0) is 106 Å². The fraction of sp³-hybridized carbons (Fsp3) is 0.0645. The number of aromatic nitrogens is 4. The van der Waals surface area contributed by atoms with Gasteiger partial charge >= 0.3 is 0 Å². The summed E-state index contributed by atoms with van der Waals surface area (Å²) in [6.07, 6.45) is 5.65. The van der Waals surface area contributed by atoms with Crippen LogP contribution in [0, 0.1) is 0 Å². The van der Waals surface area contributed by atoms with E-state index in [2.05, 4.69) is 70.0 Å². The molecular formula is C31H18N4. The molecule has 4 heteroatoms. The van der Waals surface area contributed by atoms with Crippen molar-refractivity contribution < 1.29 is 0 Å². The highest BCUT2D eigenvalue weighted by atomic mass is 15.1. The Labute approximate surface area is 200 Å². The molecule has 0 atom stereocenters. The highest BCUT2D eigenvalue weighted by Gasteiger charge is 2.26. The molecular weight excluding hydrogens is 428 g/mol. The average Bonchev–Trinajstić information content (AvgIpc) is 3.57. The molecule has 0 aliphatic heterocycles. The Morgan fingerprint density at radius 3 is 2.20 bits per heavy atom. The summed E-state index contributed by atoms with van der Waals surface area (Å²) in [6, 6.07) is 26.6.